The highest BCUT2D eigenvalue weighted by molar-refractivity contribution is 9.10. The van der Waals surface area contributed by atoms with E-state index in [1.165, 1.54) is 12.8 Å². The molecule has 1 aromatic heterocycles. The minimum Gasteiger partial charge on any atom is -0.485 e. The van der Waals surface area contributed by atoms with Crippen LogP contribution in [-0.4, -0.2) is 11.2 Å². The number of hydrogen-bond acceptors (Lipinski definition) is 4. The molecule has 1 aliphatic rings. The molecule has 0 aliphatic heterocycles. The van der Waals surface area contributed by atoms with Crippen LogP contribution in [-0.2, 0) is 13.2 Å². The molecule has 106 valence electrons. The Kier molecular flexibility index (Phi) is 4.08. The van der Waals surface area contributed by atoms with Crippen LogP contribution < -0.4 is 10.1 Å². The van der Waals surface area contributed by atoms with Crippen molar-refractivity contribution < 1.29 is 9.26 Å². The summed E-state index contributed by atoms with van der Waals surface area (Å²) in [6, 6.07) is 8.60. The maximum atomic E-state index is 5.77. The van der Waals surface area contributed by atoms with Crippen molar-refractivity contribution in [1.82, 2.24) is 10.5 Å². The van der Waals surface area contributed by atoms with E-state index in [1.54, 1.807) is 0 Å². The highest BCUT2D eigenvalue weighted by Gasteiger charge is 2.20. The Morgan fingerprint density at radius 3 is 3.05 bits per heavy atom. The summed E-state index contributed by atoms with van der Waals surface area (Å²) in [6.45, 7) is 3.19. The van der Waals surface area contributed by atoms with Crippen molar-refractivity contribution in [2.45, 2.75) is 39.0 Å². The predicted molar refractivity (Wildman–Crippen MR) is 79.6 cm³/mol. The topological polar surface area (TPSA) is 47.3 Å². The summed E-state index contributed by atoms with van der Waals surface area (Å²) in [5.74, 6) is 1.60. The SMILES string of the molecule is Cc1ccc(Br)cc1OCc1cc(CNC2CC2)no1. The van der Waals surface area contributed by atoms with E-state index < -0.39 is 0 Å². The van der Waals surface area contributed by atoms with Gasteiger partial charge in [0.1, 0.15) is 12.4 Å². The van der Waals surface area contributed by atoms with Gasteiger partial charge in [0.2, 0.25) is 0 Å². The van der Waals surface area contributed by atoms with Gasteiger partial charge in [-0.1, -0.05) is 27.2 Å². The van der Waals surface area contributed by atoms with Crippen LogP contribution in [0.25, 0.3) is 0 Å². The first-order chi connectivity index (χ1) is 9.70. The molecule has 1 aliphatic carbocycles. The quantitative estimate of drug-likeness (QED) is 0.875. The van der Waals surface area contributed by atoms with Crippen LogP contribution in [0.5, 0.6) is 5.75 Å². The molecular weight excluding hydrogens is 320 g/mol. The predicted octanol–water partition coefficient (Wildman–Crippen LogP) is 3.58. The molecule has 0 radical (unpaired) electrons. The van der Waals surface area contributed by atoms with E-state index in [-0.39, 0.29) is 0 Å². The van der Waals surface area contributed by atoms with Crippen LogP contribution in [0.3, 0.4) is 0 Å². The molecule has 5 heteroatoms. The second kappa shape index (κ2) is 5.97. The van der Waals surface area contributed by atoms with Crippen molar-refractivity contribution in [2.75, 3.05) is 0 Å². The number of nitrogens with one attached hydrogen (secondary N) is 1. The lowest BCUT2D eigenvalue weighted by atomic mass is 10.2. The van der Waals surface area contributed by atoms with Crippen LogP contribution in [0.15, 0.2) is 33.3 Å². The molecule has 0 unspecified atom stereocenters. The minimum absolute atomic E-state index is 0.397. The van der Waals surface area contributed by atoms with Gasteiger partial charge in [0.15, 0.2) is 5.76 Å². The van der Waals surface area contributed by atoms with E-state index in [0.717, 1.165) is 33.8 Å². The molecule has 2 aromatic rings. The second-order valence-corrected chi connectivity index (χ2v) is 6.05. The van der Waals surface area contributed by atoms with Gasteiger partial charge in [-0.3, -0.25) is 0 Å². The molecule has 1 fully saturated rings. The Balaban J connectivity index is 1.55. The van der Waals surface area contributed by atoms with Crippen LogP contribution in [0, 0.1) is 6.92 Å². The number of ether oxygens (including phenoxy) is 1. The van der Waals surface area contributed by atoms with E-state index in [2.05, 4.69) is 26.4 Å². The van der Waals surface area contributed by atoms with Gasteiger partial charge in [-0.25, -0.2) is 0 Å². The van der Waals surface area contributed by atoms with Gasteiger partial charge in [-0.15, -0.1) is 0 Å². The normalized spacial score (nSPS) is 14.5. The Hall–Kier alpha value is -1.33. The summed E-state index contributed by atoms with van der Waals surface area (Å²) in [4.78, 5) is 0. The lowest BCUT2D eigenvalue weighted by Crippen LogP contribution is -2.15. The lowest BCUT2D eigenvalue weighted by Gasteiger charge is -2.07. The molecule has 4 nitrogen and oxygen atoms in total. The van der Waals surface area contributed by atoms with Crippen LogP contribution in [0.1, 0.15) is 29.9 Å². The minimum atomic E-state index is 0.397. The Morgan fingerprint density at radius 2 is 2.25 bits per heavy atom. The summed E-state index contributed by atoms with van der Waals surface area (Å²) in [5.41, 5.74) is 2.03. The summed E-state index contributed by atoms with van der Waals surface area (Å²) in [7, 11) is 0. The highest BCUT2D eigenvalue weighted by Crippen LogP contribution is 2.24. The third-order valence-electron chi connectivity index (χ3n) is 3.28. The van der Waals surface area contributed by atoms with Crippen LogP contribution in [0.2, 0.25) is 0 Å². The Labute approximate surface area is 126 Å². The van der Waals surface area contributed by atoms with E-state index in [1.807, 2.05) is 31.2 Å². The fourth-order valence-corrected chi connectivity index (χ4v) is 2.26. The average Bonchev–Trinajstić information content (AvgIpc) is 3.16. The third kappa shape index (κ3) is 3.61. The number of rotatable bonds is 6. The third-order valence-corrected chi connectivity index (χ3v) is 3.77. The Bertz CT molecular complexity index is 593. The smallest absolute Gasteiger partial charge is 0.174 e. The molecule has 0 atom stereocenters. The molecular formula is C15H17BrN2O2. The van der Waals surface area contributed by atoms with Gasteiger partial charge >= 0.3 is 0 Å². The molecule has 1 heterocycles. The Morgan fingerprint density at radius 1 is 1.40 bits per heavy atom. The van der Waals surface area contributed by atoms with Gasteiger partial charge < -0.3 is 14.6 Å². The maximum absolute atomic E-state index is 5.77. The molecule has 20 heavy (non-hydrogen) atoms. The lowest BCUT2D eigenvalue weighted by molar-refractivity contribution is 0.247. The van der Waals surface area contributed by atoms with Crippen molar-refractivity contribution in [3.05, 3.63) is 45.8 Å². The first-order valence-corrected chi connectivity index (χ1v) is 7.57. The fourth-order valence-electron chi connectivity index (χ4n) is 1.92. The van der Waals surface area contributed by atoms with Gasteiger partial charge in [-0.2, -0.15) is 0 Å². The number of hydrogen-bond donors (Lipinski definition) is 1. The fraction of sp³-hybridized carbons (Fsp3) is 0.400. The number of benzene rings is 1. The summed E-state index contributed by atoms with van der Waals surface area (Å²) >= 11 is 3.44. The molecule has 0 bridgehead atoms. The van der Waals surface area contributed by atoms with Crippen molar-refractivity contribution in [1.29, 1.82) is 0 Å². The monoisotopic (exact) mass is 336 g/mol. The summed E-state index contributed by atoms with van der Waals surface area (Å²) < 4.78 is 12.1. The van der Waals surface area contributed by atoms with Crippen molar-refractivity contribution >= 4 is 15.9 Å². The zero-order chi connectivity index (χ0) is 13.9. The van der Waals surface area contributed by atoms with Crippen LogP contribution in [0.4, 0.5) is 0 Å². The largest absolute Gasteiger partial charge is 0.485 e. The van der Waals surface area contributed by atoms with Crippen molar-refractivity contribution in [3.8, 4) is 5.75 Å². The number of nitrogens with zero attached hydrogens (tertiary/aromatic N) is 1. The van der Waals surface area contributed by atoms with Crippen molar-refractivity contribution in [3.63, 3.8) is 0 Å². The zero-order valence-electron chi connectivity index (χ0n) is 11.4. The summed E-state index contributed by atoms with van der Waals surface area (Å²) in [5, 5.41) is 7.45. The average molecular weight is 337 g/mol. The van der Waals surface area contributed by atoms with E-state index in [9.17, 15) is 0 Å². The van der Waals surface area contributed by atoms with Gasteiger partial charge in [-0.05, 0) is 37.5 Å². The first kappa shape index (κ1) is 13.6. The number of aryl methyl sites for hydroxylation is 1. The molecule has 1 saturated carbocycles. The molecule has 3 rings (SSSR count). The van der Waals surface area contributed by atoms with Crippen LogP contribution >= 0.6 is 15.9 Å². The number of halogens is 1. The van der Waals surface area contributed by atoms with E-state index in [0.29, 0.717) is 12.6 Å². The highest BCUT2D eigenvalue weighted by atomic mass is 79.9. The van der Waals surface area contributed by atoms with E-state index >= 15 is 0 Å². The van der Waals surface area contributed by atoms with Gasteiger partial charge in [0.25, 0.3) is 0 Å². The number of aromatic nitrogens is 1. The van der Waals surface area contributed by atoms with Gasteiger partial charge in [0, 0.05) is 23.1 Å². The molecule has 1 N–H and O–H groups in total. The first-order valence-electron chi connectivity index (χ1n) is 6.77. The maximum Gasteiger partial charge on any atom is 0.174 e. The van der Waals surface area contributed by atoms with Gasteiger partial charge in [0.05, 0.1) is 5.69 Å². The second-order valence-electron chi connectivity index (χ2n) is 5.14. The zero-order valence-corrected chi connectivity index (χ0v) is 12.9. The van der Waals surface area contributed by atoms with Crippen molar-refractivity contribution in [2.24, 2.45) is 0 Å². The standard InChI is InChI=1S/C15H17BrN2O2/c1-10-2-3-11(16)6-15(10)19-9-14-7-13(18-20-14)8-17-12-4-5-12/h2-3,6-7,12,17H,4-5,8-9H2,1H3. The molecule has 0 saturated heterocycles. The van der Waals surface area contributed by atoms with E-state index in [4.69, 9.17) is 9.26 Å². The summed E-state index contributed by atoms with van der Waals surface area (Å²) in [6.07, 6.45) is 2.55. The molecule has 1 aromatic carbocycles. The molecule has 0 spiro atoms. The molecule has 0 amide bonds.